The van der Waals surface area contributed by atoms with E-state index in [0.29, 0.717) is 45.3 Å². The number of amides is 1. The van der Waals surface area contributed by atoms with Crippen molar-refractivity contribution in [2.24, 2.45) is 17.6 Å². The minimum absolute atomic E-state index is 0.0307. The molecule has 3 aromatic rings. The van der Waals surface area contributed by atoms with Crippen molar-refractivity contribution in [2.45, 2.75) is 24.5 Å². The lowest BCUT2D eigenvalue weighted by atomic mass is 9.58. The first kappa shape index (κ1) is 29.8. The smallest absolute Gasteiger partial charge is 0.255 e. The summed E-state index contributed by atoms with van der Waals surface area (Å²) in [4.78, 5) is 42.1. The Kier molecular flexibility index (Phi) is 6.36. The minimum atomic E-state index is -2.74. The van der Waals surface area contributed by atoms with E-state index in [0.717, 1.165) is 0 Å². The molecule has 0 saturated heterocycles. The van der Waals surface area contributed by atoms with Gasteiger partial charge in [-0.3, -0.25) is 19.3 Å². The summed E-state index contributed by atoms with van der Waals surface area (Å²) in [6, 6.07) is 11.1. The monoisotopic (exact) mass is 654 g/mol. The average molecular weight is 655 g/mol. The molecule has 6 N–H and O–H groups in total. The van der Waals surface area contributed by atoms with Gasteiger partial charge in [-0.25, -0.2) is 0 Å². The van der Waals surface area contributed by atoms with Gasteiger partial charge in [0.25, 0.3) is 5.91 Å². The van der Waals surface area contributed by atoms with Crippen LogP contribution in [0.5, 0.6) is 28.7 Å². The molecule has 0 bridgehead atoms. The highest BCUT2D eigenvalue weighted by molar-refractivity contribution is 6.25. The third kappa shape index (κ3) is 3.94. The largest absolute Gasteiger partial charge is 0.510 e. The van der Waals surface area contributed by atoms with Crippen LogP contribution in [0.3, 0.4) is 0 Å². The second-order valence-corrected chi connectivity index (χ2v) is 12.8. The van der Waals surface area contributed by atoms with Gasteiger partial charge in [0.05, 0.1) is 11.6 Å². The number of primary amides is 1. The van der Waals surface area contributed by atoms with Gasteiger partial charge < -0.3 is 45.1 Å². The molecule has 2 heterocycles. The number of carbonyl (C=O) groups excluding carboxylic acids is 3. The predicted octanol–water partition coefficient (Wildman–Crippen LogP) is 2.91. The number of ketones is 2. The Bertz CT molecular complexity index is 2070. The van der Waals surface area contributed by atoms with E-state index < -0.39 is 58.0 Å². The number of nitrogens with zero attached hydrogens (tertiary/aromatic N) is 1. The minimum Gasteiger partial charge on any atom is -0.510 e. The molecule has 4 unspecified atom stereocenters. The predicted molar refractivity (Wildman–Crippen MR) is 167 cm³/mol. The third-order valence-electron chi connectivity index (χ3n) is 10.1. The maximum atomic E-state index is 14.6. The molecule has 48 heavy (non-hydrogen) atoms. The second-order valence-electron chi connectivity index (χ2n) is 12.8. The van der Waals surface area contributed by atoms with Gasteiger partial charge in [-0.1, -0.05) is 12.1 Å². The molecule has 3 aliphatic carbocycles. The molecule has 3 aromatic carbocycles. The number of likely N-dealkylation sites (N-methyl/N-ethyl adjacent to an activating group) is 1. The van der Waals surface area contributed by atoms with E-state index in [9.17, 15) is 34.8 Å². The number of aliphatic hydroxyl groups excluding tert-OH is 2. The second kappa shape index (κ2) is 10.2. The summed E-state index contributed by atoms with van der Waals surface area (Å²) in [6.07, 6.45) is 0.0876. The first-order valence-electron chi connectivity index (χ1n) is 15.3. The van der Waals surface area contributed by atoms with Crippen molar-refractivity contribution >= 4 is 17.5 Å². The van der Waals surface area contributed by atoms with Crippen LogP contribution in [-0.2, 0) is 16.0 Å². The summed E-state index contributed by atoms with van der Waals surface area (Å²) < 4.78 is 22.1. The van der Waals surface area contributed by atoms with Crippen LogP contribution in [0.25, 0.3) is 22.3 Å². The first-order chi connectivity index (χ1) is 22.9. The van der Waals surface area contributed by atoms with E-state index in [1.807, 2.05) is 6.07 Å². The molecule has 2 aliphatic heterocycles. The summed E-state index contributed by atoms with van der Waals surface area (Å²) in [5.74, 6) is -5.14. The molecular formula is C35H30N2O11. The van der Waals surface area contributed by atoms with E-state index in [2.05, 4.69) is 0 Å². The fourth-order valence-electron chi connectivity index (χ4n) is 7.92. The maximum absolute atomic E-state index is 14.6. The maximum Gasteiger partial charge on any atom is 0.255 e. The van der Waals surface area contributed by atoms with Gasteiger partial charge in [-0.15, -0.1) is 0 Å². The van der Waals surface area contributed by atoms with Gasteiger partial charge in [-0.05, 0) is 85.4 Å². The topological polar surface area (TPSA) is 198 Å². The average Bonchev–Trinajstić information content (AvgIpc) is 3.71. The molecule has 1 amide bonds. The quantitative estimate of drug-likeness (QED) is 0.258. The number of benzene rings is 3. The Morgan fingerprint density at radius 2 is 1.46 bits per heavy atom. The van der Waals surface area contributed by atoms with Crippen LogP contribution in [0.15, 0.2) is 65.1 Å². The van der Waals surface area contributed by atoms with Crippen molar-refractivity contribution in [3.8, 4) is 51.0 Å². The number of carbonyl (C=O) groups is 3. The van der Waals surface area contributed by atoms with Crippen LogP contribution in [-0.4, -0.2) is 82.1 Å². The van der Waals surface area contributed by atoms with Crippen molar-refractivity contribution in [1.29, 1.82) is 0 Å². The van der Waals surface area contributed by atoms with Gasteiger partial charge >= 0.3 is 0 Å². The van der Waals surface area contributed by atoms with E-state index in [4.69, 9.17) is 24.7 Å². The number of fused-ring (bicyclic) bond motifs is 5. The van der Waals surface area contributed by atoms with Crippen LogP contribution < -0.4 is 24.7 Å². The van der Waals surface area contributed by atoms with Crippen LogP contribution in [0.2, 0.25) is 0 Å². The van der Waals surface area contributed by atoms with Crippen molar-refractivity contribution in [3.63, 3.8) is 0 Å². The van der Waals surface area contributed by atoms with Gasteiger partial charge in [0.2, 0.25) is 19.4 Å². The number of Topliss-reactive ketones (excluding diaryl/α,β-unsaturated/α-hetero) is 2. The molecular weight excluding hydrogens is 624 g/mol. The van der Waals surface area contributed by atoms with Crippen LogP contribution >= 0.6 is 0 Å². The molecule has 5 aliphatic rings. The number of ether oxygens (including phenoxy) is 4. The van der Waals surface area contributed by atoms with Crippen molar-refractivity contribution in [2.75, 3.05) is 27.7 Å². The van der Waals surface area contributed by atoms with Crippen molar-refractivity contribution in [3.05, 3.63) is 76.3 Å². The number of phenols is 1. The van der Waals surface area contributed by atoms with Crippen LogP contribution in [0.1, 0.15) is 22.3 Å². The summed E-state index contributed by atoms with van der Waals surface area (Å²) in [6.45, 7) is 0.0875. The standard InChI is InChI=1S/C35H30N2O11/c1-37(2)28-20-8-16-7-19-17(14-3-5-21-23(9-14)47-12-45-21)11-18(15-4-6-22-24(10-15)48-13-46-22)29(38)26(19)30(39)25(16)32(41)35(20,44)33(42)27(31(28)40)34(36)43/h3-6,9-11,16,20,28,38,40-41,44H,7-8,12-13H2,1-2H3,(H2,36,43). The Morgan fingerprint density at radius 3 is 2.04 bits per heavy atom. The highest BCUT2D eigenvalue weighted by Gasteiger charge is 2.63. The highest BCUT2D eigenvalue weighted by atomic mass is 16.7. The Balaban J connectivity index is 1.35. The number of hydrogen-bond acceptors (Lipinski definition) is 12. The number of nitrogens with two attached hydrogens (primary N) is 1. The van der Waals surface area contributed by atoms with Gasteiger partial charge in [0.1, 0.15) is 22.8 Å². The molecule has 13 heteroatoms. The van der Waals surface area contributed by atoms with E-state index in [1.165, 1.54) is 4.90 Å². The zero-order valence-electron chi connectivity index (χ0n) is 25.8. The molecule has 0 spiro atoms. The Hall–Kier alpha value is -5.53. The number of allylic oxidation sites excluding steroid dienone is 1. The fraction of sp³-hybridized carbons (Fsp3) is 0.286. The Labute approximate surface area is 273 Å². The molecule has 0 radical (unpaired) electrons. The molecule has 246 valence electrons. The van der Waals surface area contributed by atoms with E-state index in [1.54, 1.807) is 50.5 Å². The summed E-state index contributed by atoms with van der Waals surface area (Å²) in [5.41, 5.74) is 4.04. The SMILES string of the molecule is CN(C)C1C(O)=C(C(N)=O)C(=O)C2(O)C(O)=C3C(=O)c4c(O)c(-c5ccc6c(c5)OCO6)cc(-c5ccc6c(c5)OCO6)c4CC3CC12. The highest BCUT2D eigenvalue weighted by Crippen LogP contribution is 2.55. The van der Waals surface area contributed by atoms with E-state index in [-0.39, 0.29) is 48.9 Å². The van der Waals surface area contributed by atoms with E-state index >= 15 is 0 Å². The number of aromatic hydroxyl groups is 1. The van der Waals surface area contributed by atoms with Crippen LogP contribution in [0.4, 0.5) is 0 Å². The molecule has 0 fully saturated rings. The normalized spacial score (nSPS) is 25.3. The van der Waals surface area contributed by atoms with Crippen molar-refractivity contribution in [1.82, 2.24) is 4.90 Å². The van der Waals surface area contributed by atoms with Gasteiger partial charge in [0.15, 0.2) is 34.4 Å². The molecule has 0 aromatic heterocycles. The zero-order valence-corrected chi connectivity index (χ0v) is 25.8. The van der Waals surface area contributed by atoms with Crippen molar-refractivity contribution < 1.29 is 53.8 Å². The number of phenolic OH excluding ortho intramolecular Hbond substituents is 1. The van der Waals surface area contributed by atoms with Gasteiger partial charge in [-0.2, -0.15) is 0 Å². The lowest BCUT2D eigenvalue weighted by molar-refractivity contribution is -0.148. The van der Waals surface area contributed by atoms with Crippen LogP contribution in [0, 0.1) is 11.8 Å². The third-order valence-corrected chi connectivity index (χ3v) is 10.1. The number of rotatable bonds is 4. The fourth-order valence-corrected chi connectivity index (χ4v) is 7.92. The molecule has 0 saturated carbocycles. The lowest BCUT2D eigenvalue weighted by Gasteiger charge is -2.50. The molecule has 13 nitrogen and oxygen atoms in total. The molecule has 4 atom stereocenters. The number of hydrogen-bond donors (Lipinski definition) is 5. The molecule has 8 rings (SSSR count). The number of aliphatic hydroxyl groups is 3. The van der Waals surface area contributed by atoms with Gasteiger partial charge in [0, 0.05) is 17.1 Å². The first-order valence-corrected chi connectivity index (χ1v) is 15.3. The summed E-state index contributed by atoms with van der Waals surface area (Å²) in [7, 11) is 3.17. The Morgan fingerprint density at radius 1 is 0.875 bits per heavy atom. The zero-order chi connectivity index (χ0) is 33.8. The lowest BCUT2D eigenvalue weighted by Crippen LogP contribution is -2.63. The summed E-state index contributed by atoms with van der Waals surface area (Å²) >= 11 is 0. The summed E-state index contributed by atoms with van der Waals surface area (Å²) in [5, 5.41) is 46.7.